The highest BCUT2D eigenvalue weighted by Gasteiger charge is 2.29. The lowest BCUT2D eigenvalue weighted by atomic mass is 10.1. The molecule has 0 aromatic heterocycles. The number of halogens is 1. The molecule has 29 heavy (non-hydrogen) atoms. The fraction of sp³-hybridized carbons (Fsp3) is 0.435. The number of rotatable bonds is 8. The third-order valence-electron chi connectivity index (χ3n) is 5.16. The van der Waals surface area contributed by atoms with E-state index < -0.39 is 5.60 Å². The molecule has 1 fully saturated rings. The van der Waals surface area contributed by atoms with E-state index in [1.54, 1.807) is 38.1 Å². The summed E-state index contributed by atoms with van der Waals surface area (Å²) in [6.45, 7) is 9.37. The van der Waals surface area contributed by atoms with E-state index in [0.717, 1.165) is 39.1 Å². The van der Waals surface area contributed by atoms with E-state index in [-0.39, 0.29) is 5.91 Å². The minimum atomic E-state index is -0.935. The second-order valence-corrected chi connectivity index (χ2v) is 8.28. The van der Waals surface area contributed by atoms with Crippen LogP contribution in [0.15, 0.2) is 54.6 Å². The quantitative estimate of drug-likeness (QED) is 0.665. The predicted octanol–water partition coefficient (Wildman–Crippen LogP) is 3.83. The second kappa shape index (κ2) is 9.99. The standard InChI is InChI=1S/C23H30ClN3O2/c1-23(2,29-21-11-9-19(24)10-12-21)22(28)25-13-6-14-26-15-17-27(18-16-26)20-7-4-3-5-8-20/h3-5,7-12H,6,13-18H2,1-2H3,(H,25,28). The Morgan fingerprint density at radius 3 is 2.34 bits per heavy atom. The average molecular weight is 416 g/mol. The lowest BCUT2D eigenvalue weighted by Crippen LogP contribution is -2.48. The van der Waals surface area contributed by atoms with Gasteiger partial charge in [0.2, 0.25) is 0 Å². The van der Waals surface area contributed by atoms with Gasteiger partial charge in [-0.05, 0) is 63.2 Å². The zero-order chi connectivity index (χ0) is 20.7. The summed E-state index contributed by atoms with van der Waals surface area (Å²) in [5.74, 6) is 0.521. The highest BCUT2D eigenvalue weighted by Crippen LogP contribution is 2.21. The van der Waals surface area contributed by atoms with Crippen molar-refractivity contribution >= 4 is 23.2 Å². The van der Waals surface area contributed by atoms with E-state index in [4.69, 9.17) is 16.3 Å². The summed E-state index contributed by atoms with van der Waals surface area (Å²) in [5.41, 5.74) is 0.358. The molecule has 1 aliphatic rings. The summed E-state index contributed by atoms with van der Waals surface area (Å²) in [6, 6.07) is 17.6. The third kappa shape index (κ3) is 6.38. The van der Waals surface area contributed by atoms with Gasteiger partial charge >= 0.3 is 0 Å². The number of piperazine rings is 1. The number of nitrogens with one attached hydrogen (secondary N) is 1. The molecule has 1 amide bonds. The minimum Gasteiger partial charge on any atom is -0.478 e. The van der Waals surface area contributed by atoms with Crippen molar-refractivity contribution < 1.29 is 9.53 Å². The van der Waals surface area contributed by atoms with Gasteiger partial charge in [0, 0.05) is 43.4 Å². The van der Waals surface area contributed by atoms with E-state index in [0.29, 0.717) is 17.3 Å². The highest BCUT2D eigenvalue weighted by molar-refractivity contribution is 6.30. The number of ether oxygens (including phenoxy) is 1. The number of para-hydroxylation sites is 1. The third-order valence-corrected chi connectivity index (χ3v) is 5.42. The van der Waals surface area contributed by atoms with E-state index in [9.17, 15) is 4.79 Å². The van der Waals surface area contributed by atoms with Gasteiger partial charge in [-0.15, -0.1) is 0 Å². The van der Waals surface area contributed by atoms with Crippen LogP contribution in [-0.2, 0) is 4.79 Å². The topological polar surface area (TPSA) is 44.8 Å². The number of hydrogen-bond acceptors (Lipinski definition) is 4. The summed E-state index contributed by atoms with van der Waals surface area (Å²) in [4.78, 5) is 17.4. The Morgan fingerprint density at radius 2 is 1.69 bits per heavy atom. The van der Waals surface area contributed by atoms with Crippen LogP contribution < -0.4 is 15.0 Å². The first-order valence-corrected chi connectivity index (χ1v) is 10.6. The van der Waals surface area contributed by atoms with Gasteiger partial charge in [-0.3, -0.25) is 9.69 Å². The number of hydrogen-bond donors (Lipinski definition) is 1. The van der Waals surface area contributed by atoms with Crippen LogP contribution in [0.5, 0.6) is 5.75 Å². The van der Waals surface area contributed by atoms with Crippen LogP contribution in [0.25, 0.3) is 0 Å². The van der Waals surface area contributed by atoms with Gasteiger partial charge in [0.1, 0.15) is 5.75 Å². The molecule has 156 valence electrons. The molecule has 0 unspecified atom stereocenters. The number of carbonyl (C=O) groups is 1. The maximum atomic E-state index is 12.5. The van der Waals surface area contributed by atoms with Crippen molar-refractivity contribution in [1.82, 2.24) is 10.2 Å². The van der Waals surface area contributed by atoms with E-state index in [1.807, 2.05) is 0 Å². The second-order valence-electron chi connectivity index (χ2n) is 7.84. The zero-order valence-electron chi connectivity index (χ0n) is 17.2. The van der Waals surface area contributed by atoms with Crippen LogP contribution in [0.3, 0.4) is 0 Å². The number of amides is 1. The molecule has 1 aliphatic heterocycles. The van der Waals surface area contributed by atoms with Gasteiger partial charge < -0.3 is 15.0 Å². The van der Waals surface area contributed by atoms with Crippen molar-refractivity contribution in [2.75, 3.05) is 44.2 Å². The zero-order valence-corrected chi connectivity index (χ0v) is 18.0. The van der Waals surface area contributed by atoms with Crippen molar-refractivity contribution in [1.29, 1.82) is 0 Å². The van der Waals surface area contributed by atoms with E-state index in [1.165, 1.54) is 5.69 Å². The Bertz CT molecular complexity index is 772. The molecule has 6 heteroatoms. The molecule has 2 aromatic carbocycles. The van der Waals surface area contributed by atoms with E-state index in [2.05, 4.69) is 45.4 Å². The van der Waals surface area contributed by atoms with Crippen LogP contribution in [0.2, 0.25) is 5.02 Å². The van der Waals surface area contributed by atoms with Crippen LogP contribution in [0.1, 0.15) is 20.3 Å². The lowest BCUT2D eigenvalue weighted by Gasteiger charge is -2.36. The largest absolute Gasteiger partial charge is 0.478 e. The monoisotopic (exact) mass is 415 g/mol. The minimum absolute atomic E-state index is 0.110. The molecule has 2 aromatic rings. The molecule has 1 N–H and O–H groups in total. The summed E-state index contributed by atoms with van der Waals surface area (Å²) < 4.78 is 5.83. The summed E-state index contributed by atoms with van der Waals surface area (Å²) in [6.07, 6.45) is 0.925. The first-order chi connectivity index (χ1) is 13.9. The van der Waals surface area contributed by atoms with Crippen LogP contribution in [0.4, 0.5) is 5.69 Å². The van der Waals surface area contributed by atoms with Crippen LogP contribution in [-0.4, -0.2) is 55.7 Å². The molecule has 3 rings (SSSR count). The fourth-order valence-corrected chi connectivity index (χ4v) is 3.56. The first-order valence-electron chi connectivity index (χ1n) is 10.2. The van der Waals surface area contributed by atoms with Gasteiger partial charge in [-0.2, -0.15) is 0 Å². The van der Waals surface area contributed by atoms with Crippen molar-refractivity contribution in [3.05, 3.63) is 59.6 Å². The summed E-state index contributed by atoms with van der Waals surface area (Å²) in [7, 11) is 0. The van der Waals surface area contributed by atoms with Gasteiger partial charge in [0.05, 0.1) is 0 Å². The Morgan fingerprint density at radius 1 is 1.03 bits per heavy atom. The molecule has 0 saturated carbocycles. The Labute approximate surface area is 178 Å². The van der Waals surface area contributed by atoms with E-state index >= 15 is 0 Å². The Kier molecular flexibility index (Phi) is 7.40. The van der Waals surface area contributed by atoms with Crippen LogP contribution >= 0.6 is 11.6 Å². The van der Waals surface area contributed by atoms with Gasteiger partial charge in [-0.25, -0.2) is 0 Å². The Balaban J connectivity index is 1.34. The highest BCUT2D eigenvalue weighted by atomic mass is 35.5. The normalized spacial score (nSPS) is 15.2. The molecule has 0 spiro atoms. The predicted molar refractivity (Wildman–Crippen MR) is 119 cm³/mol. The molecule has 0 atom stereocenters. The average Bonchev–Trinajstić information content (AvgIpc) is 2.73. The molecular formula is C23H30ClN3O2. The molecule has 0 radical (unpaired) electrons. The molecule has 1 saturated heterocycles. The SMILES string of the molecule is CC(C)(Oc1ccc(Cl)cc1)C(=O)NCCCN1CCN(c2ccccc2)CC1. The molecule has 1 heterocycles. The fourth-order valence-electron chi connectivity index (χ4n) is 3.43. The first kappa shape index (κ1) is 21.5. The van der Waals surface area contributed by atoms with Crippen molar-refractivity contribution in [2.24, 2.45) is 0 Å². The molecule has 5 nitrogen and oxygen atoms in total. The summed E-state index contributed by atoms with van der Waals surface area (Å²) in [5, 5.41) is 3.64. The smallest absolute Gasteiger partial charge is 0.263 e. The van der Waals surface area contributed by atoms with Gasteiger partial charge in [0.25, 0.3) is 5.91 Å². The van der Waals surface area contributed by atoms with Crippen molar-refractivity contribution in [2.45, 2.75) is 25.9 Å². The van der Waals surface area contributed by atoms with Gasteiger partial charge in [0.15, 0.2) is 5.60 Å². The number of benzene rings is 2. The lowest BCUT2D eigenvalue weighted by molar-refractivity contribution is -0.134. The molecule has 0 bridgehead atoms. The number of nitrogens with zero attached hydrogens (tertiary/aromatic N) is 2. The Hall–Kier alpha value is -2.24. The maximum absolute atomic E-state index is 12.5. The molecular weight excluding hydrogens is 386 g/mol. The number of carbonyl (C=O) groups excluding carboxylic acids is 1. The summed E-state index contributed by atoms with van der Waals surface area (Å²) >= 11 is 5.89. The van der Waals surface area contributed by atoms with Gasteiger partial charge in [-0.1, -0.05) is 29.8 Å². The van der Waals surface area contributed by atoms with Crippen molar-refractivity contribution in [3.8, 4) is 5.75 Å². The molecule has 0 aliphatic carbocycles. The van der Waals surface area contributed by atoms with Crippen molar-refractivity contribution in [3.63, 3.8) is 0 Å². The number of anilines is 1. The maximum Gasteiger partial charge on any atom is 0.263 e. The van der Waals surface area contributed by atoms with Crippen LogP contribution in [0, 0.1) is 0 Å².